The Morgan fingerprint density at radius 3 is 2.90 bits per heavy atom. The van der Waals surface area contributed by atoms with Crippen molar-refractivity contribution in [2.24, 2.45) is 0 Å². The van der Waals surface area contributed by atoms with Crippen LogP contribution in [0.4, 0.5) is 0 Å². The first-order valence-corrected chi connectivity index (χ1v) is 3.30. The standard InChI is InChI=1S/C9H11N/c1-3-4-5-9-6-7-10-8(9)2/h3-7,10H,2H2,1H3. The highest BCUT2D eigenvalue weighted by Crippen LogP contribution is 1.70. The molecule has 1 nitrogen and oxygen atoms in total. The summed E-state index contributed by atoms with van der Waals surface area (Å²) in [5.41, 5.74) is 0. The van der Waals surface area contributed by atoms with Gasteiger partial charge >= 0.3 is 0 Å². The Morgan fingerprint density at radius 2 is 2.40 bits per heavy atom. The Hall–Kier alpha value is -1.24. The van der Waals surface area contributed by atoms with E-state index < -0.39 is 0 Å². The molecule has 1 heteroatoms. The average molecular weight is 133 g/mol. The van der Waals surface area contributed by atoms with Crippen LogP contribution in [-0.4, -0.2) is 4.98 Å². The highest BCUT2D eigenvalue weighted by molar-refractivity contribution is 5.36. The largest absolute Gasteiger partial charge is 0.362 e. The van der Waals surface area contributed by atoms with Crippen LogP contribution in [0.5, 0.6) is 0 Å². The van der Waals surface area contributed by atoms with E-state index in [0.29, 0.717) is 0 Å². The predicted molar refractivity (Wildman–Crippen MR) is 44.8 cm³/mol. The van der Waals surface area contributed by atoms with Gasteiger partial charge in [-0.25, -0.2) is 0 Å². The third-order valence-corrected chi connectivity index (χ3v) is 1.34. The number of nitrogens with one attached hydrogen (secondary N) is 1. The maximum Gasteiger partial charge on any atom is 0.0380 e. The topological polar surface area (TPSA) is 15.8 Å². The molecule has 0 spiro atoms. The van der Waals surface area contributed by atoms with Crippen LogP contribution >= 0.6 is 0 Å². The summed E-state index contributed by atoms with van der Waals surface area (Å²) in [6.07, 6.45) is 7.90. The molecule has 1 N–H and O–H groups in total. The zero-order valence-electron chi connectivity index (χ0n) is 6.09. The molecule has 0 fully saturated rings. The van der Waals surface area contributed by atoms with Gasteiger partial charge < -0.3 is 4.98 Å². The van der Waals surface area contributed by atoms with E-state index in [1.807, 2.05) is 37.4 Å². The molecule has 10 heavy (non-hydrogen) atoms. The number of aromatic amines is 1. The first-order chi connectivity index (χ1) is 4.84. The summed E-state index contributed by atoms with van der Waals surface area (Å²) in [6, 6.07) is 2.00. The summed E-state index contributed by atoms with van der Waals surface area (Å²) in [4.78, 5) is 3.00. The smallest absolute Gasteiger partial charge is 0.0380 e. The van der Waals surface area contributed by atoms with E-state index in [-0.39, 0.29) is 0 Å². The third-order valence-electron chi connectivity index (χ3n) is 1.34. The van der Waals surface area contributed by atoms with Gasteiger partial charge in [0.05, 0.1) is 0 Å². The maximum absolute atomic E-state index is 3.81. The molecular formula is C9H11N. The van der Waals surface area contributed by atoms with Gasteiger partial charge in [-0.3, -0.25) is 0 Å². The van der Waals surface area contributed by atoms with Gasteiger partial charge in [0.1, 0.15) is 0 Å². The van der Waals surface area contributed by atoms with Gasteiger partial charge in [0.2, 0.25) is 0 Å². The zero-order valence-corrected chi connectivity index (χ0v) is 6.09. The van der Waals surface area contributed by atoms with Crippen LogP contribution in [0.2, 0.25) is 0 Å². The van der Waals surface area contributed by atoms with Crippen molar-refractivity contribution >= 4 is 12.7 Å². The van der Waals surface area contributed by atoms with Gasteiger partial charge in [-0.2, -0.15) is 0 Å². The first-order valence-electron chi connectivity index (χ1n) is 3.30. The molecule has 1 aromatic heterocycles. The van der Waals surface area contributed by atoms with Crippen LogP contribution in [0.15, 0.2) is 24.4 Å². The fourth-order valence-electron chi connectivity index (χ4n) is 0.772. The highest BCUT2D eigenvalue weighted by Gasteiger charge is 1.77. The minimum Gasteiger partial charge on any atom is -0.362 e. The molecule has 0 saturated heterocycles. The zero-order chi connectivity index (χ0) is 7.40. The summed E-state index contributed by atoms with van der Waals surface area (Å²) >= 11 is 0. The van der Waals surface area contributed by atoms with Crippen molar-refractivity contribution in [2.75, 3.05) is 0 Å². The van der Waals surface area contributed by atoms with Crippen molar-refractivity contribution in [3.63, 3.8) is 0 Å². The number of rotatable bonds is 1. The molecule has 0 aliphatic carbocycles. The molecule has 0 amide bonds. The Bertz CT molecular complexity index is 317. The monoisotopic (exact) mass is 133 g/mol. The molecule has 0 saturated carbocycles. The second-order valence-electron chi connectivity index (χ2n) is 2.10. The Labute approximate surface area is 60.4 Å². The molecule has 0 atom stereocenters. The van der Waals surface area contributed by atoms with E-state index in [1.165, 1.54) is 0 Å². The second-order valence-corrected chi connectivity index (χ2v) is 2.10. The lowest BCUT2D eigenvalue weighted by Crippen LogP contribution is -2.19. The lowest BCUT2D eigenvalue weighted by Gasteiger charge is -1.72. The quantitative estimate of drug-likeness (QED) is 0.582. The van der Waals surface area contributed by atoms with Crippen molar-refractivity contribution in [1.29, 1.82) is 0 Å². The third kappa shape index (κ3) is 1.38. The predicted octanol–water partition coefficient (Wildman–Crippen LogP) is 0.782. The van der Waals surface area contributed by atoms with Crippen LogP contribution in [0, 0.1) is 0 Å². The van der Waals surface area contributed by atoms with Crippen molar-refractivity contribution in [3.05, 3.63) is 35.0 Å². The van der Waals surface area contributed by atoms with Gasteiger partial charge in [-0.15, -0.1) is 0 Å². The van der Waals surface area contributed by atoms with E-state index in [2.05, 4.69) is 11.6 Å². The van der Waals surface area contributed by atoms with Crippen molar-refractivity contribution < 1.29 is 0 Å². The van der Waals surface area contributed by atoms with E-state index in [4.69, 9.17) is 0 Å². The number of aromatic nitrogens is 1. The number of H-pyrrole nitrogens is 1. The molecule has 0 unspecified atom stereocenters. The van der Waals surface area contributed by atoms with Gasteiger partial charge in [0, 0.05) is 11.5 Å². The van der Waals surface area contributed by atoms with E-state index >= 15 is 0 Å². The number of hydrogen-bond donors (Lipinski definition) is 1. The summed E-state index contributed by atoms with van der Waals surface area (Å²) < 4.78 is 0. The second kappa shape index (κ2) is 3.06. The van der Waals surface area contributed by atoms with Crippen LogP contribution in [-0.2, 0) is 0 Å². The summed E-state index contributed by atoms with van der Waals surface area (Å²) in [5, 5.41) is 2.12. The number of allylic oxidation sites excluding steroid dienone is 2. The van der Waals surface area contributed by atoms with Crippen LogP contribution in [0.25, 0.3) is 12.7 Å². The molecule has 52 valence electrons. The van der Waals surface area contributed by atoms with Gasteiger partial charge in [-0.1, -0.05) is 24.8 Å². The fourth-order valence-corrected chi connectivity index (χ4v) is 0.772. The Kier molecular flexibility index (Phi) is 2.11. The van der Waals surface area contributed by atoms with Crippen molar-refractivity contribution in [2.45, 2.75) is 6.92 Å². The fraction of sp³-hybridized carbons (Fsp3) is 0.111. The summed E-state index contributed by atoms with van der Waals surface area (Å²) in [6.45, 7) is 5.80. The van der Waals surface area contributed by atoms with Gasteiger partial charge in [0.25, 0.3) is 0 Å². The highest BCUT2D eigenvalue weighted by atomic mass is 14.6. The van der Waals surface area contributed by atoms with E-state index in [9.17, 15) is 0 Å². The molecule has 0 bridgehead atoms. The van der Waals surface area contributed by atoms with Gasteiger partial charge in [0.15, 0.2) is 0 Å². The minimum atomic E-state index is 0.970. The molecule has 0 aliphatic rings. The molecular weight excluding hydrogens is 122 g/mol. The maximum atomic E-state index is 3.81. The molecule has 0 radical (unpaired) electrons. The summed E-state index contributed by atoms with van der Waals surface area (Å²) in [5.74, 6) is 0. The molecule has 1 heterocycles. The molecule has 1 aromatic rings. The van der Waals surface area contributed by atoms with Gasteiger partial charge in [-0.05, 0) is 18.2 Å². The minimum absolute atomic E-state index is 0.970. The Balaban J connectivity index is 3.16. The molecule has 1 rings (SSSR count). The van der Waals surface area contributed by atoms with Crippen molar-refractivity contribution in [1.82, 2.24) is 4.98 Å². The van der Waals surface area contributed by atoms with Crippen molar-refractivity contribution in [3.8, 4) is 0 Å². The SMILES string of the molecule is C=c1[nH]ccc1=CC=CC. The Morgan fingerprint density at radius 1 is 1.60 bits per heavy atom. The first kappa shape index (κ1) is 6.87. The number of hydrogen-bond acceptors (Lipinski definition) is 0. The van der Waals surface area contributed by atoms with E-state index in [1.54, 1.807) is 0 Å². The van der Waals surface area contributed by atoms with Crippen LogP contribution in [0.1, 0.15) is 6.92 Å². The van der Waals surface area contributed by atoms with E-state index in [0.717, 1.165) is 10.6 Å². The lowest BCUT2D eigenvalue weighted by molar-refractivity contribution is 1.33. The normalized spacial score (nSPS) is 13.1. The average Bonchev–Trinajstić information content (AvgIpc) is 2.31. The molecule has 0 aliphatic heterocycles. The van der Waals surface area contributed by atoms with Crippen LogP contribution in [0.3, 0.4) is 0 Å². The van der Waals surface area contributed by atoms with Crippen LogP contribution < -0.4 is 10.6 Å². The summed E-state index contributed by atoms with van der Waals surface area (Å²) in [7, 11) is 0. The molecule has 0 aromatic carbocycles. The lowest BCUT2D eigenvalue weighted by atomic mass is 10.4.